The maximum atomic E-state index is 6.03. The van der Waals surface area contributed by atoms with Gasteiger partial charge in [-0.3, -0.25) is 0 Å². The van der Waals surface area contributed by atoms with Crippen molar-refractivity contribution in [2.24, 2.45) is 0 Å². The standard InChI is InChI=1S/C15H15ClN2/c16-15-14(7-4-8-17-15)18-13-9-12(10-13)11-5-2-1-3-6-11/h1-8,12-13,18H,9-10H2. The Morgan fingerprint density at radius 2 is 1.83 bits per heavy atom. The molecule has 2 aromatic rings. The average Bonchev–Trinajstić information content (AvgIpc) is 2.36. The van der Waals surface area contributed by atoms with Gasteiger partial charge >= 0.3 is 0 Å². The summed E-state index contributed by atoms with van der Waals surface area (Å²) in [7, 11) is 0. The molecule has 0 radical (unpaired) electrons. The molecule has 1 aromatic carbocycles. The van der Waals surface area contributed by atoms with Crippen LogP contribution < -0.4 is 5.32 Å². The van der Waals surface area contributed by atoms with Crippen molar-refractivity contribution in [1.82, 2.24) is 4.98 Å². The van der Waals surface area contributed by atoms with Gasteiger partial charge in [-0.2, -0.15) is 0 Å². The summed E-state index contributed by atoms with van der Waals surface area (Å²) < 4.78 is 0. The molecule has 0 saturated heterocycles. The molecule has 3 rings (SSSR count). The number of hydrogen-bond donors (Lipinski definition) is 1. The molecular formula is C15H15ClN2. The summed E-state index contributed by atoms with van der Waals surface area (Å²) in [5, 5.41) is 4.01. The van der Waals surface area contributed by atoms with Crippen LogP contribution in [-0.4, -0.2) is 11.0 Å². The van der Waals surface area contributed by atoms with E-state index >= 15 is 0 Å². The minimum absolute atomic E-state index is 0.511. The molecule has 1 aliphatic rings. The topological polar surface area (TPSA) is 24.9 Å². The number of anilines is 1. The Bertz CT molecular complexity index is 521. The molecule has 18 heavy (non-hydrogen) atoms. The summed E-state index contributed by atoms with van der Waals surface area (Å²) in [5.74, 6) is 0.680. The van der Waals surface area contributed by atoms with E-state index in [0.717, 1.165) is 18.5 Å². The summed E-state index contributed by atoms with van der Waals surface area (Å²) >= 11 is 6.03. The number of hydrogen-bond acceptors (Lipinski definition) is 2. The Hall–Kier alpha value is -1.54. The first kappa shape index (κ1) is 11.5. The fourth-order valence-corrected chi connectivity index (χ4v) is 2.62. The van der Waals surface area contributed by atoms with Gasteiger partial charge in [0.1, 0.15) is 0 Å². The van der Waals surface area contributed by atoms with Crippen LogP contribution in [0.3, 0.4) is 0 Å². The Kier molecular flexibility index (Phi) is 3.20. The van der Waals surface area contributed by atoms with E-state index in [0.29, 0.717) is 17.1 Å². The monoisotopic (exact) mass is 258 g/mol. The number of halogens is 1. The molecule has 0 atom stereocenters. The van der Waals surface area contributed by atoms with Gasteiger partial charge in [0.15, 0.2) is 5.15 Å². The molecular weight excluding hydrogens is 244 g/mol. The fraction of sp³-hybridized carbons (Fsp3) is 0.267. The SMILES string of the molecule is Clc1ncccc1NC1CC(c2ccccc2)C1. The third kappa shape index (κ3) is 2.34. The van der Waals surface area contributed by atoms with Gasteiger partial charge in [0.25, 0.3) is 0 Å². The normalized spacial score (nSPS) is 22.3. The Balaban J connectivity index is 1.59. The largest absolute Gasteiger partial charge is 0.380 e. The second kappa shape index (κ2) is 4.99. The Morgan fingerprint density at radius 1 is 1.06 bits per heavy atom. The lowest BCUT2D eigenvalue weighted by Crippen LogP contribution is -2.34. The van der Waals surface area contributed by atoms with Gasteiger partial charge in [0, 0.05) is 12.2 Å². The molecule has 92 valence electrons. The van der Waals surface area contributed by atoms with E-state index < -0.39 is 0 Å². The lowest BCUT2D eigenvalue weighted by atomic mass is 9.76. The molecule has 2 nitrogen and oxygen atoms in total. The summed E-state index contributed by atoms with van der Waals surface area (Å²) in [5.41, 5.74) is 2.38. The fourth-order valence-electron chi connectivity index (χ4n) is 2.45. The van der Waals surface area contributed by atoms with Gasteiger partial charge in [-0.15, -0.1) is 0 Å². The van der Waals surface area contributed by atoms with E-state index in [1.165, 1.54) is 5.56 Å². The second-order valence-corrected chi connectivity index (χ2v) is 5.12. The minimum atomic E-state index is 0.511. The molecule has 1 aliphatic carbocycles. The Labute approximate surface area is 112 Å². The van der Waals surface area contributed by atoms with Gasteiger partial charge in [0.2, 0.25) is 0 Å². The smallest absolute Gasteiger partial charge is 0.152 e. The number of benzene rings is 1. The van der Waals surface area contributed by atoms with E-state index in [2.05, 4.69) is 40.6 Å². The quantitative estimate of drug-likeness (QED) is 0.839. The molecule has 0 unspecified atom stereocenters. The van der Waals surface area contributed by atoms with Gasteiger partial charge in [-0.25, -0.2) is 4.98 Å². The minimum Gasteiger partial charge on any atom is -0.380 e. The van der Waals surface area contributed by atoms with Gasteiger partial charge in [0.05, 0.1) is 5.69 Å². The van der Waals surface area contributed by atoms with Crippen LogP contribution in [0.5, 0.6) is 0 Å². The van der Waals surface area contributed by atoms with E-state index in [1.54, 1.807) is 6.20 Å². The first-order valence-electron chi connectivity index (χ1n) is 6.25. The number of nitrogens with zero attached hydrogens (tertiary/aromatic N) is 1. The van der Waals surface area contributed by atoms with Gasteiger partial charge in [-0.05, 0) is 36.5 Å². The number of nitrogens with one attached hydrogen (secondary N) is 1. The lowest BCUT2D eigenvalue weighted by molar-refractivity contribution is 0.374. The highest BCUT2D eigenvalue weighted by molar-refractivity contribution is 6.31. The molecule has 0 amide bonds. The molecule has 1 heterocycles. The van der Waals surface area contributed by atoms with Crippen LogP contribution in [0.25, 0.3) is 0 Å². The highest BCUT2D eigenvalue weighted by Gasteiger charge is 2.30. The molecule has 1 fully saturated rings. The zero-order chi connectivity index (χ0) is 12.4. The highest BCUT2D eigenvalue weighted by Crippen LogP contribution is 2.38. The average molecular weight is 259 g/mol. The van der Waals surface area contributed by atoms with Crippen LogP contribution >= 0.6 is 11.6 Å². The van der Waals surface area contributed by atoms with Crippen LogP contribution in [0, 0.1) is 0 Å². The second-order valence-electron chi connectivity index (χ2n) is 4.76. The van der Waals surface area contributed by atoms with Gasteiger partial charge < -0.3 is 5.32 Å². The van der Waals surface area contributed by atoms with E-state index in [9.17, 15) is 0 Å². The summed E-state index contributed by atoms with van der Waals surface area (Å²) in [6.07, 6.45) is 4.03. The highest BCUT2D eigenvalue weighted by atomic mass is 35.5. The molecule has 0 aliphatic heterocycles. The van der Waals surface area contributed by atoms with Crippen LogP contribution in [0.15, 0.2) is 48.7 Å². The first-order valence-corrected chi connectivity index (χ1v) is 6.63. The van der Waals surface area contributed by atoms with Crippen LogP contribution in [-0.2, 0) is 0 Å². The number of rotatable bonds is 3. The van der Waals surface area contributed by atoms with Crippen molar-refractivity contribution in [2.75, 3.05) is 5.32 Å². The summed E-state index contributed by atoms with van der Waals surface area (Å²) in [6, 6.07) is 15.1. The van der Waals surface area contributed by atoms with Crippen molar-refractivity contribution in [1.29, 1.82) is 0 Å². The van der Waals surface area contributed by atoms with Crippen LogP contribution in [0.2, 0.25) is 5.15 Å². The number of aromatic nitrogens is 1. The predicted octanol–water partition coefficient (Wildman–Crippen LogP) is 4.09. The van der Waals surface area contributed by atoms with E-state index in [4.69, 9.17) is 11.6 Å². The zero-order valence-electron chi connectivity index (χ0n) is 10.0. The number of pyridine rings is 1. The van der Waals surface area contributed by atoms with Crippen molar-refractivity contribution in [2.45, 2.75) is 24.8 Å². The third-order valence-corrected chi connectivity index (χ3v) is 3.83. The van der Waals surface area contributed by atoms with Gasteiger partial charge in [-0.1, -0.05) is 41.9 Å². The van der Waals surface area contributed by atoms with Crippen molar-refractivity contribution in [3.05, 3.63) is 59.4 Å². The summed E-state index contributed by atoms with van der Waals surface area (Å²) in [6.45, 7) is 0. The van der Waals surface area contributed by atoms with Crippen molar-refractivity contribution < 1.29 is 0 Å². The maximum absolute atomic E-state index is 6.03. The molecule has 1 N–H and O–H groups in total. The third-order valence-electron chi connectivity index (χ3n) is 3.53. The van der Waals surface area contributed by atoms with Crippen LogP contribution in [0.1, 0.15) is 24.3 Å². The summed E-state index contributed by atoms with van der Waals surface area (Å²) in [4.78, 5) is 4.07. The lowest BCUT2D eigenvalue weighted by Gasteiger charge is -2.37. The maximum Gasteiger partial charge on any atom is 0.152 e. The first-order chi connectivity index (χ1) is 8.83. The van der Waals surface area contributed by atoms with Crippen molar-refractivity contribution >= 4 is 17.3 Å². The van der Waals surface area contributed by atoms with Crippen LogP contribution in [0.4, 0.5) is 5.69 Å². The molecule has 1 aromatic heterocycles. The predicted molar refractivity (Wildman–Crippen MR) is 75.1 cm³/mol. The van der Waals surface area contributed by atoms with E-state index in [1.807, 2.05) is 12.1 Å². The Morgan fingerprint density at radius 3 is 2.56 bits per heavy atom. The molecule has 3 heteroatoms. The molecule has 0 spiro atoms. The molecule has 0 bridgehead atoms. The van der Waals surface area contributed by atoms with Crippen molar-refractivity contribution in [3.8, 4) is 0 Å². The zero-order valence-corrected chi connectivity index (χ0v) is 10.8. The van der Waals surface area contributed by atoms with E-state index in [-0.39, 0.29) is 0 Å². The molecule has 1 saturated carbocycles. The van der Waals surface area contributed by atoms with Crippen molar-refractivity contribution in [3.63, 3.8) is 0 Å².